The molecule has 0 spiro atoms. The molecule has 0 atom stereocenters. The van der Waals surface area contributed by atoms with Gasteiger partial charge < -0.3 is 10.6 Å². The fourth-order valence-corrected chi connectivity index (χ4v) is 2.66. The van der Waals surface area contributed by atoms with E-state index in [1.54, 1.807) is 5.38 Å². The van der Waals surface area contributed by atoms with Crippen molar-refractivity contribution in [2.75, 3.05) is 11.9 Å². The number of hydrogen-bond acceptors (Lipinski definition) is 6. The number of hydrogen-bond donors (Lipinski definition) is 2. The molecular formula is C15H21N5OS. The molecule has 22 heavy (non-hydrogen) atoms. The molecule has 0 aliphatic rings. The van der Waals surface area contributed by atoms with Gasteiger partial charge >= 0.3 is 0 Å². The number of thiazole rings is 1. The molecule has 2 rings (SSSR count). The predicted molar refractivity (Wildman–Crippen MR) is 88.8 cm³/mol. The number of nitrogens with zero attached hydrogens (tertiary/aromatic N) is 3. The number of carbonyl (C=O) groups is 1. The third-order valence-electron chi connectivity index (χ3n) is 3.00. The fourth-order valence-electron chi connectivity index (χ4n) is 1.98. The van der Waals surface area contributed by atoms with Crippen molar-refractivity contribution in [1.82, 2.24) is 20.3 Å². The minimum atomic E-state index is -0.137. The lowest BCUT2D eigenvalue weighted by Crippen LogP contribution is -2.24. The summed E-state index contributed by atoms with van der Waals surface area (Å²) in [6, 6.07) is 1.90. The molecule has 0 bridgehead atoms. The van der Waals surface area contributed by atoms with Crippen LogP contribution in [0, 0.1) is 13.8 Å². The minimum absolute atomic E-state index is 0.137. The Bertz CT molecular complexity index is 620. The van der Waals surface area contributed by atoms with Crippen molar-refractivity contribution in [2.45, 2.75) is 40.0 Å². The maximum Gasteiger partial charge on any atom is 0.270 e. The Morgan fingerprint density at radius 2 is 1.91 bits per heavy atom. The molecule has 118 valence electrons. The van der Waals surface area contributed by atoms with Gasteiger partial charge in [-0.15, -0.1) is 11.3 Å². The van der Waals surface area contributed by atoms with Crippen LogP contribution >= 0.6 is 11.3 Å². The first kappa shape index (κ1) is 16.4. The van der Waals surface area contributed by atoms with Gasteiger partial charge in [0.05, 0.1) is 0 Å². The van der Waals surface area contributed by atoms with Crippen LogP contribution in [0.3, 0.4) is 0 Å². The van der Waals surface area contributed by atoms with Crippen molar-refractivity contribution in [3.05, 3.63) is 28.5 Å². The zero-order chi connectivity index (χ0) is 15.9. The molecule has 2 aromatic rings. The predicted octanol–water partition coefficient (Wildman–Crippen LogP) is 3.21. The number of rotatable bonds is 7. The molecule has 2 aromatic heterocycles. The van der Waals surface area contributed by atoms with Crippen LogP contribution in [0.25, 0.3) is 0 Å². The average Bonchev–Trinajstić information content (AvgIpc) is 2.91. The summed E-state index contributed by atoms with van der Waals surface area (Å²) in [6.07, 6.45) is 3.25. The molecular weight excluding hydrogens is 298 g/mol. The van der Waals surface area contributed by atoms with E-state index in [0.29, 0.717) is 23.3 Å². The zero-order valence-electron chi connectivity index (χ0n) is 13.1. The Hall–Kier alpha value is -2.02. The van der Waals surface area contributed by atoms with Gasteiger partial charge in [0.15, 0.2) is 5.13 Å². The number of nitrogens with one attached hydrogen (secondary N) is 2. The summed E-state index contributed by atoms with van der Waals surface area (Å²) in [5.41, 5.74) is 2.20. The second kappa shape index (κ2) is 7.84. The molecule has 0 radical (unpaired) electrons. The molecule has 0 aliphatic carbocycles. The molecule has 2 heterocycles. The van der Waals surface area contributed by atoms with Gasteiger partial charge in [0.2, 0.25) is 5.95 Å². The fraction of sp³-hybridized carbons (Fsp3) is 0.467. The lowest BCUT2D eigenvalue weighted by molar-refractivity contribution is 0.0949. The molecule has 6 nitrogen and oxygen atoms in total. The van der Waals surface area contributed by atoms with Crippen molar-refractivity contribution in [2.24, 2.45) is 0 Å². The van der Waals surface area contributed by atoms with E-state index in [1.807, 2.05) is 19.9 Å². The first-order chi connectivity index (χ1) is 10.6. The second-order valence-corrected chi connectivity index (χ2v) is 5.96. The number of aryl methyl sites for hydroxylation is 2. The van der Waals surface area contributed by atoms with Crippen molar-refractivity contribution in [1.29, 1.82) is 0 Å². The van der Waals surface area contributed by atoms with Crippen molar-refractivity contribution >= 4 is 28.3 Å². The molecule has 1 amide bonds. The summed E-state index contributed by atoms with van der Waals surface area (Å²) in [4.78, 5) is 24.8. The standard InChI is InChI=1S/C15H21N5OS/c1-4-5-6-7-16-13(21)12-9-22-15(19-12)20-14-17-10(2)8-11(3)18-14/h8-9H,4-7H2,1-3H3,(H,16,21)(H,17,18,19,20). The van der Waals surface area contributed by atoms with Gasteiger partial charge in [0.1, 0.15) is 5.69 Å². The summed E-state index contributed by atoms with van der Waals surface area (Å²) in [6.45, 7) is 6.65. The van der Waals surface area contributed by atoms with Gasteiger partial charge in [-0.05, 0) is 26.3 Å². The molecule has 7 heteroatoms. The highest BCUT2D eigenvalue weighted by Gasteiger charge is 2.11. The van der Waals surface area contributed by atoms with E-state index in [9.17, 15) is 4.79 Å². The molecule has 0 aromatic carbocycles. The van der Waals surface area contributed by atoms with Crippen LogP contribution < -0.4 is 10.6 Å². The van der Waals surface area contributed by atoms with E-state index >= 15 is 0 Å². The van der Waals surface area contributed by atoms with Gasteiger partial charge in [0, 0.05) is 23.3 Å². The zero-order valence-corrected chi connectivity index (χ0v) is 14.0. The summed E-state index contributed by atoms with van der Waals surface area (Å²) in [5.74, 6) is 0.364. The number of unbranched alkanes of at least 4 members (excludes halogenated alkanes) is 2. The first-order valence-corrected chi connectivity index (χ1v) is 8.29. The van der Waals surface area contributed by atoms with E-state index in [0.717, 1.165) is 30.7 Å². The highest BCUT2D eigenvalue weighted by molar-refractivity contribution is 7.14. The van der Waals surface area contributed by atoms with Gasteiger partial charge in [-0.25, -0.2) is 15.0 Å². The Labute approximate surface area is 134 Å². The van der Waals surface area contributed by atoms with Crippen LogP contribution in [0.4, 0.5) is 11.1 Å². The summed E-state index contributed by atoms with van der Waals surface area (Å²) >= 11 is 1.37. The van der Waals surface area contributed by atoms with Gasteiger partial charge in [0.25, 0.3) is 5.91 Å². The van der Waals surface area contributed by atoms with E-state index in [4.69, 9.17) is 0 Å². The normalized spacial score (nSPS) is 10.5. The van der Waals surface area contributed by atoms with E-state index in [1.165, 1.54) is 11.3 Å². The number of carbonyl (C=O) groups excluding carboxylic acids is 1. The Balaban J connectivity index is 1.94. The Kier molecular flexibility index (Phi) is 5.83. The van der Waals surface area contributed by atoms with Crippen LogP contribution in [0.1, 0.15) is 48.1 Å². The summed E-state index contributed by atoms with van der Waals surface area (Å²) in [7, 11) is 0. The smallest absolute Gasteiger partial charge is 0.270 e. The maximum absolute atomic E-state index is 12.0. The van der Waals surface area contributed by atoms with E-state index in [-0.39, 0.29) is 5.91 Å². The quantitative estimate of drug-likeness (QED) is 0.766. The van der Waals surface area contributed by atoms with Crippen LogP contribution in [0.2, 0.25) is 0 Å². The van der Waals surface area contributed by atoms with Gasteiger partial charge in [-0.1, -0.05) is 19.8 Å². The Morgan fingerprint density at radius 3 is 2.59 bits per heavy atom. The highest BCUT2D eigenvalue weighted by atomic mass is 32.1. The monoisotopic (exact) mass is 319 g/mol. The summed E-state index contributed by atoms with van der Waals surface area (Å²) in [5, 5.41) is 8.27. The van der Waals surface area contributed by atoms with Crippen molar-refractivity contribution in [3.8, 4) is 0 Å². The van der Waals surface area contributed by atoms with Crippen LogP contribution in [-0.4, -0.2) is 27.4 Å². The lowest BCUT2D eigenvalue weighted by Gasteiger charge is -2.03. The molecule has 0 fully saturated rings. The number of aromatic nitrogens is 3. The van der Waals surface area contributed by atoms with E-state index < -0.39 is 0 Å². The molecule has 0 saturated heterocycles. The van der Waals surface area contributed by atoms with Gasteiger partial charge in [-0.3, -0.25) is 4.79 Å². The molecule has 2 N–H and O–H groups in total. The topological polar surface area (TPSA) is 79.8 Å². The highest BCUT2D eigenvalue weighted by Crippen LogP contribution is 2.19. The maximum atomic E-state index is 12.0. The summed E-state index contributed by atoms with van der Waals surface area (Å²) < 4.78 is 0. The second-order valence-electron chi connectivity index (χ2n) is 5.10. The van der Waals surface area contributed by atoms with Crippen LogP contribution in [0.15, 0.2) is 11.4 Å². The van der Waals surface area contributed by atoms with Crippen molar-refractivity contribution < 1.29 is 4.79 Å². The number of anilines is 2. The van der Waals surface area contributed by atoms with Crippen molar-refractivity contribution in [3.63, 3.8) is 0 Å². The SMILES string of the molecule is CCCCCNC(=O)c1csc(Nc2nc(C)cc(C)n2)n1. The number of amides is 1. The molecule has 0 saturated carbocycles. The third kappa shape index (κ3) is 4.77. The van der Waals surface area contributed by atoms with Gasteiger partial charge in [-0.2, -0.15) is 0 Å². The average molecular weight is 319 g/mol. The lowest BCUT2D eigenvalue weighted by atomic mass is 10.2. The van der Waals surface area contributed by atoms with Crippen LogP contribution in [-0.2, 0) is 0 Å². The first-order valence-electron chi connectivity index (χ1n) is 7.41. The van der Waals surface area contributed by atoms with E-state index in [2.05, 4.69) is 32.5 Å². The molecule has 0 unspecified atom stereocenters. The Morgan fingerprint density at radius 1 is 1.18 bits per heavy atom. The third-order valence-corrected chi connectivity index (χ3v) is 3.76. The largest absolute Gasteiger partial charge is 0.351 e. The molecule has 0 aliphatic heterocycles. The minimum Gasteiger partial charge on any atom is -0.351 e. The van der Waals surface area contributed by atoms with Crippen LogP contribution in [0.5, 0.6) is 0 Å².